The number of nitrogens with zero attached hydrogens (tertiary/aromatic N) is 1. The molecule has 0 heterocycles. The van der Waals surface area contributed by atoms with Crippen molar-refractivity contribution in [2.45, 2.75) is 27.2 Å². The minimum Gasteiger partial charge on any atom is -0.437 e. The summed E-state index contributed by atoms with van der Waals surface area (Å²) < 4.78 is 5.48. The fraction of sp³-hybridized carbons (Fsp3) is 0.250. The van der Waals surface area contributed by atoms with Crippen molar-refractivity contribution in [1.29, 1.82) is 5.41 Å². The van der Waals surface area contributed by atoms with Gasteiger partial charge < -0.3 is 10.5 Å². The second-order valence-electron chi connectivity index (χ2n) is 4.64. The van der Waals surface area contributed by atoms with E-state index >= 15 is 0 Å². The first-order valence-electron chi connectivity index (χ1n) is 6.40. The lowest BCUT2D eigenvalue weighted by Gasteiger charge is -2.11. The van der Waals surface area contributed by atoms with Crippen LogP contribution in [-0.4, -0.2) is 11.7 Å². The number of nitrogens with one attached hydrogen (secondary N) is 1. The van der Waals surface area contributed by atoms with E-state index in [9.17, 15) is 0 Å². The van der Waals surface area contributed by atoms with E-state index in [0.717, 1.165) is 12.0 Å². The lowest BCUT2D eigenvalue weighted by atomic mass is 10.1. The summed E-state index contributed by atoms with van der Waals surface area (Å²) in [6.07, 6.45) is 0.883. The zero-order chi connectivity index (χ0) is 15.3. The molecule has 106 valence electrons. The molecule has 1 rings (SSSR count). The van der Waals surface area contributed by atoms with Crippen LogP contribution in [0.2, 0.25) is 0 Å². The molecule has 0 aliphatic heterocycles. The summed E-state index contributed by atoms with van der Waals surface area (Å²) in [4.78, 5) is 4.32. The van der Waals surface area contributed by atoms with E-state index in [1.807, 2.05) is 12.1 Å². The first kappa shape index (κ1) is 15.7. The summed E-state index contributed by atoms with van der Waals surface area (Å²) in [7, 11) is 0. The molecule has 0 radical (unpaired) electrons. The predicted octanol–water partition coefficient (Wildman–Crippen LogP) is 3.75. The van der Waals surface area contributed by atoms with Crippen molar-refractivity contribution in [3.8, 4) is 5.75 Å². The number of hydrogen-bond donors (Lipinski definition) is 2. The monoisotopic (exact) mass is 271 g/mol. The molecule has 0 bridgehead atoms. The molecule has 20 heavy (non-hydrogen) atoms. The highest BCUT2D eigenvalue weighted by Gasteiger charge is 2.09. The predicted molar refractivity (Wildman–Crippen MR) is 85.1 cm³/mol. The van der Waals surface area contributed by atoms with Gasteiger partial charge in [-0.25, -0.2) is 4.99 Å². The van der Waals surface area contributed by atoms with Gasteiger partial charge in [0.15, 0.2) is 5.75 Å². The Labute approximate surface area is 120 Å². The Morgan fingerprint density at radius 2 is 1.95 bits per heavy atom. The van der Waals surface area contributed by atoms with Gasteiger partial charge in [0.1, 0.15) is 11.5 Å². The molecule has 1 aromatic rings. The van der Waals surface area contributed by atoms with Gasteiger partial charge in [-0.2, -0.15) is 0 Å². The number of ether oxygens (including phenoxy) is 1. The number of benzene rings is 1. The largest absolute Gasteiger partial charge is 0.437 e. The van der Waals surface area contributed by atoms with E-state index in [2.05, 4.69) is 25.1 Å². The Bertz CT molecular complexity index is 585. The Morgan fingerprint density at radius 3 is 2.45 bits per heavy atom. The molecular weight excluding hydrogens is 250 g/mol. The van der Waals surface area contributed by atoms with Crippen molar-refractivity contribution in [2.24, 2.45) is 10.7 Å². The van der Waals surface area contributed by atoms with Gasteiger partial charge in [0.05, 0.1) is 0 Å². The summed E-state index contributed by atoms with van der Waals surface area (Å²) in [5.41, 5.74) is 8.77. The van der Waals surface area contributed by atoms with Crippen LogP contribution in [0.1, 0.15) is 26.3 Å². The molecular formula is C16H21N3O. The Hall–Kier alpha value is -2.36. The average Bonchev–Trinajstić information content (AvgIpc) is 2.40. The average molecular weight is 271 g/mol. The van der Waals surface area contributed by atoms with Gasteiger partial charge >= 0.3 is 0 Å². The molecule has 0 saturated carbocycles. The van der Waals surface area contributed by atoms with Crippen LogP contribution in [0.5, 0.6) is 5.75 Å². The van der Waals surface area contributed by atoms with Gasteiger partial charge in [-0.1, -0.05) is 26.1 Å². The molecule has 0 fully saturated rings. The quantitative estimate of drug-likeness (QED) is 0.632. The third kappa shape index (κ3) is 4.09. The van der Waals surface area contributed by atoms with Crippen LogP contribution in [0.25, 0.3) is 0 Å². The normalized spacial score (nSPS) is 11.1. The smallest absolute Gasteiger partial charge is 0.214 e. The summed E-state index contributed by atoms with van der Waals surface area (Å²) in [6, 6.07) is 5.63. The second-order valence-corrected chi connectivity index (χ2v) is 4.64. The maximum atomic E-state index is 7.72. The third-order valence-electron chi connectivity index (χ3n) is 2.71. The summed E-state index contributed by atoms with van der Waals surface area (Å²) in [5.74, 6) is 0.851. The minimum atomic E-state index is 0.0135. The topological polar surface area (TPSA) is 71.5 Å². The zero-order valence-electron chi connectivity index (χ0n) is 12.3. The van der Waals surface area contributed by atoms with Gasteiger partial charge in [0.25, 0.3) is 0 Å². The van der Waals surface area contributed by atoms with Gasteiger partial charge in [-0.15, -0.1) is 0 Å². The molecule has 0 saturated heterocycles. The van der Waals surface area contributed by atoms with E-state index < -0.39 is 0 Å². The van der Waals surface area contributed by atoms with Crippen LogP contribution in [0.3, 0.4) is 0 Å². The minimum absolute atomic E-state index is 0.0135. The number of amidine groups is 1. The molecule has 0 aliphatic rings. The van der Waals surface area contributed by atoms with E-state index in [1.165, 1.54) is 0 Å². The number of aliphatic imine (C=N–C) groups is 1. The first-order chi connectivity index (χ1) is 9.35. The highest BCUT2D eigenvalue weighted by Crippen LogP contribution is 2.30. The van der Waals surface area contributed by atoms with Crippen LogP contribution in [0, 0.1) is 5.41 Å². The third-order valence-corrected chi connectivity index (χ3v) is 2.71. The molecule has 3 N–H and O–H groups in total. The Morgan fingerprint density at radius 1 is 1.30 bits per heavy atom. The lowest BCUT2D eigenvalue weighted by Crippen LogP contribution is -2.12. The van der Waals surface area contributed by atoms with Crippen molar-refractivity contribution in [3.63, 3.8) is 0 Å². The van der Waals surface area contributed by atoms with Crippen LogP contribution in [0.4, 0.5) is 5.69 Å². The Balaban J connectivity index is 3.23. The molecule has 0 atom stereocenters. The van der Waals surface area contributed by atoms with E-state index in [4.69, 9.17) is 15.9 Å². The van der Waals surface area contributed by atoms with E-state index in [1.54, 1.807) is 19.9 Å². The maximum absolute atomic E-state index is 7.72. The van der Waals surface area contributed by atoms with Crippen LogP contribution >= 0.6 is 0 Å². The standard InChI is InChI=1S/C16H21N3O/c1-6-12-7-8-14(20-16(18)11(4)5)13(9-12)19-15(17)10(2)3/h7-9,18H,2,4,6H2,1,3,5H3,(H2,17,19). The van der Waals surface area contributed by atoms with Gasteiger partial charge in [-0.3, -0.25) is 5.41 Å². The lowest BCUT2D eigenvalue weighted by molar-refractivity contribution is 0.547. The molecule has 0 aliphatic carbocycles. The van der Waals surface area contributed by atoms with Crippen LogP contribution < -0.4 is 10.5 Å². The number of rotatable bonds is 5. The number of nitrogens with two attached hydrogens (primary N) is 1. The molecule has 0 amide bonds. The summed E-state index contributed by atoms with van der Waals surface area (Å²) >= 11 is 0. The van der Waals surface area contributed by atoms with Gasteiger partial charge in [0.2, 0.25) is 5.90 Å². The summed E-state index contributed by atoms with van der Waals surface area (Å²) in [5, 5.41) is 7.72. The van der Waals surface area contributed by atoms with Crippen molar-refractivity contribution in [2.75, 3.05) is 0 Å². The number of hydrogen-bond acceptors (Lipinski definition) is 3. The number of aryl methyl sites for hydroxylation is 1. The van der Waals surface area contributed by atoms with Gasteiger partial charge in [0, 0.05) is 5.57 Å². The molecule has 4 nitrogen and oxygen atoms in total. The molecule has 0 unspecified atom stereocenters. The van der Waals surface area contributed by atoms with Gasteiger partial charge in [-0.05, 0) is 43.5 Å². The fourth-order valence-corrected chi connectivity index (χ4v) is 1.38. The highest BCUT2D eigenvalue weighted by atomic mass is 16.5. The Kier molecular flexibility index (Phi) is 5.26. The van der Waals surface area contributed by atoms with Crippen molar-refractivity contribution < 1.29 is 4.74 Å². The van der Waals surface area contributed by atoms with Crippen LogP contribution in [0.15, 0.2) is 47.5 Å². The van der Waals surface area contributed by atoms with E-state index in [0.29, 0.717) is 28.4 Å². The fourth-order valence-electron chi connectivity index (χ4n) is 1.38. The second kappa shape index (κ2) is 6.70. The first-order valence-corrected chi connectivity index (χ1v) is 6.40. The molecule has 1 aromatic carbocycles. The van der Waals surface area contributed by atoms with Crippen molar-refractivity contribution in [3.05, 3.63) is 48.1 Å². The molecule has 0 aromatic heterocycles. The molecule has 0 spiro atoms. The highest BCUT2D eigenvalue weighted by molar-refractivity contribution is 5.98. The van der Waals surface area contributed by atoms with Crippen molar-refractivity contribution >= 4 is 17.4 Å². The SMILES string of the molecule is C=C(C)C(=N)Oc1ccc(CC)cc1N=C(N)C(=C)C. The summed E-state index contributed by atoms with van der Waals surface area (Å²) in [6.45, 7) is 13.0. The zero-order valence-corrected chi connectivity index (χ0v) is 12.3. The maximum Gasteiger partial charge on any atom is 0.214 e. The van der Waals surface area contributed by atoms with Crippen LogP contribution in [-0.2, 0) is 6.42 Å². The molecule has 4 heteroatoms. The van der Waals surface area contributed by atoms with E-state index in [-0.39, 0.29) is 5.90 Å². The van der Waals surface area contributed by atoms with Crippen molar-refractivity contribution in [1.82, 2.24) is 0 Å².